The van der Waals surface area contributed by atoms with Crippen LogP contribution in [0.3, 0.4) is 0 Å². The topological polar surface area (TPSA) is 56.7 Å². The fourth-order valence-corrected chi connectivity index (χ4v) is 2.72. The van der Waals surface area contributed by atoms with Gasteiger partial charge in [-0.05, 0) is 37.8 Å². The van der Waals surface area contributed by atoms with E-state index in [2.05, 4.69) is 14.5 Å². The van der Waals surface area contributed by atoms with Crippen molar-refractivity contribution in [3.05, 3.63) is 37.1 Å². The van der Waals surface area contributed by atoms with Crippen LogP contribution in [-0.4, -0.2) is 20.6 Å². The van der Waals surface area contributed by atoms with E-state index in [1.54, 1.807) is 0 Å². The molecule has 2 N–H and O–H groups in total. The van der Waals surface area contributed by atoms with Gasteiger partial charge in [-0.1, -0.05) is 0 Å². The Morgan fingerprint density at radius 3 is 2.50 bits per heavy atom. The van der Waals surface area contributed by atoms with Gasteiger partial charge in [0.15, 0.2) is 0 Å². The summed E-state index contributed by atoms with van der Waals surface area (Å²) >= 11 is 0. The summed E-state index contributed by atoms with van der Waals surface area (Å²) in [6, 6.07) is 4.98. The molecule has 3 rings (SSSR count). The van der Waals surface area contributed by atoms with Gasteiger partial charge < -0.3 is 10.3 Å². The van der Waals surface area contributed by atoms with Crippen molar-refractivity contribution in [1.82, 2.24) is 14.5 Å². The minimum atomic E-state index is 0.383. The summed E-state index contributed by atoms with van der Waals surface area (Å²) in [5.74, 6) is 0. The average molecular weight is 242 g/mol. The molecule has 2 aromatic heterocycles. The van der Waals surface area contributed by atoms with E-state index >= 15 is 0 Å². The van der Waals surface area contributed by atoms with Gasteiger partial charge in [-0.2, -0.15) is 0 Å². The van der Waals surface area contributed by atoms with Crippen molar-refractivity contribution < 1.29 is 0 Å². The van der Waals surface area contributed by atoms with Crippen LogP contribution in [0.25, 0.3) is 11.3 Å². The molecule has 0 spiro atoms. The Kier molecular flexibility index (Phi) is 3.11. The Balaban J connectivity index is 1.88. The zero-order chi connectivity index (χ0) is 12.4. The van der Waals surface area contributed by atoms with E-state index in [-0.39, 0.29) is 0 Å². The Bertz CT molecular complexity index is 498. The van der Waals surface area contributed by atoms with Gasteiger partial charge in [-0.25, -0.2) is 4.98 Å². The molecular weight excluding hydrogens is 224 g/mol. The van der Waals surface area contributed by atoms with Crippen LogP contribution in [0.4, 0.5) is 0 Å². The van der Waals surface area contributed by atoms with Crippen LogP contribution < -0.4 is 5.73 Å². The molecule has 18 heavy (non-hydrogen) atoms. The number of hydrogen-bond donors (Lipinski definition) is 1. The summed E-state index contributed by atoms with van der Waals surface area (Å²) in [6.45, 7) is 0. The SMILES string of the molecule is NC1CCC(n2cncc2-c2ccncc2)CC1. The van der Waals surface area contributed by atoms with Gasteiger partial charge >= 0.3 is 0 Å². The van der Waals surface area contributed by atoms with E-state index in [1.807, 2.05) is 37.1 Å². The fourth-order valence-electron chi connectivity index (χ4n) is 2.72. The highest BCUT2D eigenvalue weighted by atomic mass is 15.1. The van der Waals surface area contributed by atoms with E-state index in [0.717, 1.165) is 25.7 Å². The van der Waals surface area contributed by atoms with Crippen molar-refractivity contribution in [1.29, 1.82) is 0 Å². The van der Waals surface area contributed by atoms with Crippen molar-refractivity contribution in [2.75, 3.05) is 0 Å². The third kappa shape index (κ3) is 2.16. The first-order chi connectivity index (χ1) is 8.84. The molecule has 4 nitrogen and oxygen atoms in total. The predicted octanol–water partition coefficient (Wildman–Crippen LogP) is 2.39. The van der Waals surface area contributed by atoms with Crippen LogP contribution >= 0.6 is 0 Å². The van der Waals surface area contributed by atoms with Gasteiger partial charge in [-0.3, -0.25) is 4.98 Å². The van der Waals surface area contributed by atoms with Crippen molar-refractivity contribution in [3.8, 4) is 11.3 Å². The van der Waals surface area contributed by atoms with Crippen molar-refractivity contribution in [3.63, 3.8) is 0 Å². The highest BCUT2D eigenvalue weighted by Crippen LogP contribution is 2.31. The van der Waals surface area contributed by atoms with E-state index in [1.165, 1.54) is 11.3 Å². The summed E-state index contributed by atoms with van der Waals surface area (Å²) in [5, 5.41) is 0. The third-order valence-corrected chi connectivity index (χ3v) is 3.78. The quantitative estimate of drug-likeness (QED) is 0.879. The average Bonchev–Trinajstić information content (AvgIpc) is 2.90. The van der Waals surface area contributed by atoms with Crippen LogP contribution in [-0.2, 0) is 0 Å². The lowest BCUT2D eigenvalue weighted by atomic mass is 9.91. The third-order valence-electron chi connectivity index (χ3n) is 3.78. The van der Waals surface area contributed by atoms with E-state index in [4.69, 9.17) is 5.73 Å². The maximum absolute atomic E-state index is 5.97. The summed E-state index contributed by atoms with van der Waals surface area (Å²) in [5.41, 5.74) is 8.32. The molecule has 0 atom stereocenters. The smallest absolute Gasteiger partial charge is 0.0953 e. The van der Waals surface area contributed by atoms with E-state index in [9.17, 15) is 0 Å². The predicted molar refractivity (Wildman–Crippen MR) is 70.9 cm³/mol. The van der Waals surface area contributed by atoms with Crippen LogP contribution in [0.2, 0.25) is 0 Å². The summed E-state index contributed by atoms with van der Waals surface area (Å²) < 4.78 is 2.29. The minimum absolute atomic E-state index is 0.383. The molecule has 0 aromatic carbocycles. The number of aromatic nitrogens is 3. The maximum Gasteiger partial charge on any atom is 0.0953 e. The molecule has 1 aliphatic rings. The lowest BCUT2D eigenvalue weighted by Gasteiger charge is -2.28. The Morgan fingerprint density at radius 1 is 1.06 bits per heavy atom. The van der Waals surface area contributed by atoms with Crippen LogP contribution in [0, 0.1) is 0 Å². The summed E-state index contributed by atoms with van der Waals surface area (Å²) in [4.78, 5) is 8.37. The second kappa shape index (κ2) is 4.90. The van der Waals surface area contributed by atoms with Crippen molar-refractivity contribution in [2.24, 2.45) is 5.73 Å². The molecule has 1 fully saturated rings. The van der Waals surface area contributed by atoms with Gasteiger partial charge in [0.2, 0.25) is 0 Å². The van der Waals surface area contributed by atoms with Crippen LogP contribution in [0.1, 0.15) is 31.7 Å². The molecule has 0 amide bonds. The molecule has 1 saturated carbocycles. The van der Waals surface area contributed by atoms with Gasteiger partial charge in [0.25, 0.3) is 0 Å². The molecule has 94 valence electrons. The molecule has 2 heterocycles. The lowest BCUT2D eigenvalue weighted by Crippen LogP contribution is -2.27. The van der Waals surface area contributed by atoms with E-state index < -0.39 is 0 Å². The van der Waals surface area contributed by atoms with Gasteiger partial charge in [0.05, 0.1) is 18.2 Å². The highest BCUT2D eigenvalue weighted by Gasteiger charge is 2.21. The molecule has 0 radical (unpaired) electrons. The number of nitrogens with two attached hydrogens (primary N) is 1. The van der Waals surface area contributed by atoms with Crippen LogP contribution in [0.15, 0.2) is 37.1 Å². The number of pyridine rings is 1. The van der Waals surface area contributed by atoms with Gasteiger partial charge in [-0.15, -0.1) is 0 Å². The fraction of sp³-hybridized carbons (Fsp3) is 0.429. The number of rotatable bonds is 2. The zero-order valence-corrected chi connectivity index (χ0v) is 10.4. The first kappa shape index (κ1) is 11.4. The van der Waals surface area contributed by atoms with Crippen molar-refractivity contribution in [2.45, 2.75) is 37.8 Å². The Labute approximate surface area is 107 Å². The molecule has 0 bridgehead atoms. The molecule has 0 saturated heterocycles. The molecule has 0 aliphatic heterocycles. The van der Waals surface area contributed by atoms with Gasteiger partial charge in [0, 0.05) is 30.0 Å². The number of imidazole rings is 1. The van der Waals surface area contributed by atoms with E-state index in [0.29, 0.717) is 12.1 Å². The highest BCUT2D eigenvalue weighted by molar-refractivity contribution is 5.58. The first-order valence-corrected chi connectivity index (χ1v) is 6.52. The normalized spacial score (nSPS) is 24.1. The monoisotopic (exact) mass is 242 g/mol. The Morgan fingerprint density at radius 2 is 1.78 bits per heavy atom. The first-order valence-electron chi connectivity index (χ1n) is 6.52. The standard InChI is InChI=1S/C14H18N4/c15-12-1-3-13(4-2-12)18-10-17-9-14(18)11-5-7-16-8-6-11/h5-10,12-13H,1-4,15H2. The summed E-state index contributed by atoms with van der Waals surface area (Å²) in [6.07, 6.45) is 12.0. The molecule has 0 unspecified atom stereocenters. The Hall–Kier alpha value is -1.68. The molecule has 2 aromatic rings. The van der Waals surface area contributed by atoms with Crippen molar-refractivity contribution >= 4 is 0 Å². The largest absolute Gasteiger partial charge is 0.328 e. The van der Waals surface area contributed by atoms with Crippen LogP contribution in [0.5, 0.6) is 0 Å². The second-order valence-corrected chi connectivity index (χ2v) is 4.99. The minimum Gasteiger partial charge on any atom is -0.328 e. The maximum atomic E-state index is 5.97. The molecular formula is C14H18N4. The molecule has 1 aliphatic carbocycles. The van der Waals surface area contributed by atoms with Gasteiger partial charge in [0.1, 0.15) is 0 Å². The number of nitrogens with zero attached hydrogens (tertiary/aromatic N) is 3. The second-order valence-electron chi connectivity index (χ2n) is 4.99. The molecule has 4 heteroatoms. The lowest BCUT2D eigenvalue weighted by molar-refractivity contribution is 0.325. The summed E-state index contributed by atoms with van der Waals surface area (Å²) in [7, 11) is 0. The number of hydrogen-bond acceptors (Lipinski definition) is 3. The zero-order valence-electron chi connectivity index (χ0n) is 10.4.